The van der Waals surface area contributed by atoms with Gasteiger partial charge in [-0.3, -0.25) is 9.59 Å². The quantitative estimate of drug-likeness (QED) is 0.578. The van der Waals surface area contributed by atoms with Crippen LogP contribution in [0.2, 0.25) is 5.02 Å². The van der Waals surface area contributed by atoms with E-state index in [1.165, 1.54) is 16.2 Å². The van der Waals surface area contributed by atoms with E-state index >= 15 is 0 Å². The van der Waals surface area contributed by atoms with Gasteiger partial charge in [-0.2, -0.15) is 0 Å². The summed E-state index contributed by atoms with van der Waals surface area (Å²) in [5, 5.41) is 8.11. The van der Waals surface area contributed by atoms with E-state index in [-0.39, 0.29) is 23.9 Å². The number of aromatic nitrogens is 2. The van der Waals surface area contributed by atoms with Gasteiger partial charge >= 0.3 is 0 Å². The van der Waals surface area contributed by atoms with Crippen LogP contribution in [0.5, 0.6) is 0 Å². The summed E-state index contributed by atoms with van der Waals surface area (Å²) >= 11 is 7.49. The molecule has 7 nitrogen and oxygen atoms in total. The summed E-state index contributed by atoms with van der Waals surface area (Å²) in [6.07, 6.45) is 2.56. The molecule has 3 heterocycles. The number of fused-ring (bicyclic) bond motifs is 2. The molecule has 9 heteroatoms. The lowest BCUT2D eigenvalue weighted by Gasteiger charge is -2.37. The normalized spacial score (nSPS) is 21.1. The summed E-state index contributed by atoms with van der Waals surface area (Å²) in [5.74, 6) is -0.333. The number of benzene rings is 1. The predicted octanol–water partition coefficient (Wildman–Crippen LogP) is 2.96. The molecule has 1 aliphatic carbocycles. The fourth-order valence-corrected chi connectivity index (χ4v) is 5.24. The van der Waals surface area contributed by atoms with Gasteiger partial charge in [-0.1, -0.05) is 11.6 Å². The molecule has 0 saturated heterocycles. The molecule has 0 radical (unpaired) electrons. The SMILES string of the molecule is CN1CCc2nc(C(=O)N[C@@H]3CC[C@@H]3NC(=O)c3cc4cc(Cl)ccc4[nH]3)sc2C1. The Morgan fingerprint density at radius 2 is 1.97 bits per heavy atom. The van der Waals surface area contributed by atoms with E-state index in [1.54, 1.807) is 12.1 Å². The van der Waals surface area contributed by atoms with Crippen LogP contribution in [0.15, 0.2) is 24.3 Å². The number of halogens is 1. The molecule has 3 N–H and O–H groups in total. The maximum absolute atomic E-state index is 12.7. The van der Waals surface area contributed by atoms with E-state index in [1.807, 2.05) is 12.1 Å². The van der Waals surface area contributed by atoms with Crippen molar-refractivity contribution in [2.45, 2.75) is 37.9 Å². The number of nitrogens with zero attached hydrogens (tertiary/aromatic N) is 2. The molecule has 1 aromatic carbocycles. The third-order valence-electron chi connectivity index (χ3n) is 5.85. The summed E-state index contributed by atoms with van der Waals surface area (Å²) in [5.41, 5.74) is 2.39. The third kappa shape index (κ3) is 3.71. The summed E-state index contributed by atoms with van der Waals surface area (Å²) in [7, 11) is 2.08. The third-order valence-corrected chi connectivity index (χ3v) is 7.17. The van der Waals surface area contributed by atoms with Gasteiger partial charge in [-0.25, -0.2) is 4.98 Å². The number of likely N-dealkylation sites (N-methyl/N-ethyl adjacent to an activating group) is 1. The number of nitrogens with one attached hydrogen (secondary N) is 3. The molecule has 0 bridgehead atoms. The Bertz CT molecular complexity index is 1140. The molecule has 1 saturated carbocycles. The Labute approximate surface area is 182 Å². The Kier molecular flexibility index (Phi) is 5.00. The second-order valence-corrected chi connectivity index (χ2v) is 9.55. The summed E-state index contributed by atoms with van der Waals surface area (Å²) < 4.78 is 0. The molecule has 2 atom stereocenters. The van der Waals surface area contributed by atoms with Crippen LogP contribution in [0.1, 0.15) is 43.7 Å². The fraction of sp³-hybridized carbons (Fsp3) is 0.381. The number of amides is 2. The zero-order chi connectivity index (χ0) is 20.8. The van der Waals surface area contributed by atoms with Crippen LogP contribution in [0.25, 0.3) is 10.9 Å². The number of thiazole rings is 1. The van der Waals surface area contributed by atoms with Crippen LogP contribution in [-0.2, 0) is 13.0 Å². The minimum atomic E-state index is -0.181. The van der Waals surface area contributed by atoms with Crippen LogP contribution in [0, 0.1) is 0 Å². The average Bonchev–Trinajstić information content (AvgIpc) is 3.32. The van der Waals surface area contributed by atoms with Crippen molar-refractivity contribution >= 4 is 45.7 Å². The molecular formula is C21H22ClN5O2S. The van der Waals surface area contributed by atoms with Crippen molar-refractivity contribution in [3.63, 3.8) is 0 Å². The fourth-order valence-electron chi connectivity index (χ4n) is 3.97. The van der Waals surface area contributed by atoms with Crippen molar-refractivity contribution in [3.8, 4) is 0 Å². The number of hydrogen-bond acceptors (Lipinski definition) is 5. The van der Waals surface area contributed by atoms with Crippen molar-refractivity contribution in [2.75, 3.05) is 13.6 Å². The molecule has 5 rings (SSSR count). The maximum Gasteiger partial charge on any atom is 0.280 e. The van der Waals surface area contributed by atoms with E-state index in [0.717, 1.165) is 48.9 Å². The molecule has 0 unspecified atom stereocenters. The lowest BCUT2D eigenvalue weighted by molar-refractivity contribution is 0.0826. The van der Waals surface area contributed by atoms with Gasteiger partial charge in [0.2, 0.25) is 0 Å². The molecule has 1 aliphatic heterocycles. The van der Waals surface area contributed by atoms with Gasteiger partial charge in [-0.05, 0) is 44.2 Å². The zero-order valence-corrected chi connectivity index (χ0v) is 18.1. The van der Waals surface area contributed by atoms with Crippen molar-refractivity contribution in [3.05, 3.63) is 50.6 Å². The smallest absolute Gasteiger partial charge is 0.280 e. The van der Waals surface area contributed by atoms with Crippen LogP contribution in [0.3, 0.4) is 0 Å². The van der Waals surface area contributed by atoms with E-state index < -0.39 is 0 Å². The predicted molar refractivity (Wildman–Crippen MR) is 117 cm³/mol. The second kappa shape index (κ2) is 7.68. The number of H-pyrrole nitrogens is 1. The first-order chi connectivity index (χ1) is 14.5. The molecule has 156 valence electrons. The zero-order valence-electron chi connectivity index (χ0n) is 16.5. The molecule has 2 aliphatic rings. The van der Waals surface area contributed by atoms with Gasteiger partial charge in [-0.15, -0.1) is 11.3 Å². The first kappa shape index (κ1) is 19.5. The first-order valence-corrected chi connectivity index (χ1v) is 11.2. The number of rotatable bonds is 4. The molecule has 1 fully saturated rings. The van der Waals surface area contributed by atoms with Gasteiger partial charge in [0, 0.05) is 52.4 Å². The van der Waals surface area contributed by atoms with Crippen LogP contribution < -0.4 is 10.6 Å². The number of carbonyl (C=O) groups excluding carboxylic acids is 2. The molecule has 3 aromatic rings. The molecular weight excluding hydrogens is 422 g/mol. The highest BCUT2D eigenvalue weighted by molar-refractivity contribution is 7.13. The number of aromatic amines is 1. The van der Waals surface area contributed by atoms with Gasteiger partial charge in [0.1, 0.15) is 5.69 Å². The topological polar surface area (TPSA) is 90.1 Å². The highest BCUT2D eigenvalue weighted by Crippen LogP contribution is 2.26. The van der Waals surface area contributed by atoms with Gasteiger partial charge in [0.25, 0.3) is 11.8 Å². The summed E-state index contributed by atoms with van der Waals surface area (Å²) in [4.78, 5) is 36.4. The minimum Gasteiger partial charge on any atom is -0.351 e. The van der Waals surface area contributed by atoms with Crippen molar-refractivity contribution in [1.82, 2.24) is 25.5 Å². The van der Waals surface area contributed by atoms with E-state index in [9.17, 15) is 9.59 Å². The van der Waals surface area contributed by atoms with E-state index in [2.05, 4.69) is 32.5 Å². The van der Waals surface area contributed by atoms with Crippen molar-refractivity contribution < 1.29 is 9.59 Å². The molecule has 30 heavy (non-hydrogen) atoms. The van der Waals surface area contributed by atoms with Gasteiger partial charge < -0.3 is 20.5 Å². The minimum absolute atomic E-state index is 0.0797. The van der Waals surface area contributed by atoms with E-state index in [4.69, 9.17) is 11.6 Å². The average molecular weight is 444 g/mol. The van der Waals surface area contributed by atoms with Crippen LogP contribution in [0.4, 0.5) is 0 Å². The van der Waals surface area contributed by atoms with Crippen molar-refractivity contribution in [1.29, 1.82) is 0 Å². The van der Waals surface area contributed by atoms with Crippen molar-refractivity contribution in [2.24, 2.45) is 0 Å². The van der Waals surface area contributed by atoms with E-state index in [0.29, 0.717) is 15.7 Å². The maximum atomic E-state index is 12.7. The second-order valence-electron chi connectivity index (χ2n) is 8.03. The molecule has 2 amide bonds. The summed E-state index contributed by atoms with van der Waals surface area (Å²) in [6, 6.07) is 7.09. The molecule has 2 aromatic heterocycles. The standard InChI is InChI=1S/C21H22ClN5O2S/c1-27-7-6-16-18(10-27)30-21(26-16)20(29)25-15-5-4-14(15)24-19(28)17-9-11-8-12(22)2-3-13(11)23-17/h2-3,8-9,14-15,23H,4-7,10H2,1H3,(H,24,28)(H,25,29)/t14-,15+/m0/s1. The largest absolute Gasteiger partial charge is 0.351 e. The Hall–Kier alpha value is -2.42. The van der Waals surface area contributed by atoms with Crippen LogP contribution >= 0.6 is 22.9 Å². The van der Waals surface area contributed by atoms with Gasteiger partial charge in [0.15, 0.2) is 5.01 Å². The Balaban J connectivity index is 1.22. The van der Waals surface area contributed by atoms with Crippen LogP contribution in [-0.4, -0.2) is 52.4 Å². The van der Waals surface area contributed by atoms with Gasteiger partial charge in [0.05, 0.1) is 5.69 Å². The number of carbonyl (C=O) groups is 2. The number of hydrogen-bond donors (Lipinski definition) is 3. The highest BCUT2D eigenvalue weighted by Gasteiger charge is 2.34. The Morgan fingerprint density at radius 3 is 2.73 bits per heavy atom. The lowest BCUT2D eigenvalue weighted by atomic mass is 9.86. The lowest BCUT2D eigenvalue weighted by Crippen LogP contribution is -2.58. The Morgan fingerprint density at radius 1 is 1.20 bits per heavy atom. The first-order valence-electron chi connectivity index (χ1n) is 10.0. The monoisotopic (exact) mass is 443 g/mol. The highest BCUT2D eigenvalue weighted by atomic mass is 35.5. The summed E-state index contributed by atoms with van der Waals surface area (Å²) in [6.45, 7) is 1.81. The molecule has 0 spiro atoms.